The van der Waals surface area contributed by atoms with Crippen molar-refractivity contribution in [2.75, 3.05) is 0 Å². The van der Waals surface area contributed by atoms with E-state index in [1.807, 2.05) is 36.4 Å². The third-order valence-electron chi connectivity index (χ3n) is 2.62. The summed E-state index contributed by atoms with van der Waals surface area (Å²) in [4.78, 5) is 0. The van der Waals surface area contributed by atoms with Gasteiger partial charge in [-0.3, -0.25) is 0 Å². The zero-order chi connectivity index (χ0) is 12.8. The van der Waals surface area contributed by atoms with Crippen molar-refractivity contribution >= 4 is 0 Å². The van der Waals surface area contributed by atoms with Gasteiger partial charge in [0.2, 0.25) is 0 Å². The predicted molar refractivity (Wildman–Crippen MR) is 67.9 cm³/mol. The molecular weight excluding hydrogens is 226 g/mol. The minimum atomic E-state index is -0.0382. The summed E-state index contributed by atoms with van der Waals surface area (Å²) in [5, 5.41) is 17.9. The number of nitriles is 1. The third-order valence-corrected chi connectivity index (χ3v) is 2.62. The van der Waals surface area contributed by atoms with Crippen molar-refractivity contribution in [3.63, 3.8) is 0 Å². The number of para-hydroxylation sites is 1. The number of ether oxygens (including phenoxy) is 1. The highest BCUT2D eigenvalue weighted by atomic mass is 16.5. The molecule has 0 aliphatic carbocycles. The van der Waals surface area contributed by atoms with Crippen LogP contribution in [-0.2, 0) is 13.2 Å². The Bertz CT molecular complexity index is 555. The largest absolute Gasteiger partial charge is 0.489 e. The van der Waals surface area contributed by atoms with Gasteiger partial charge in [0, 0.05) is 5.56 Å². The van der Waals surface area contributed by atoms with E-state index >= 15 is 0 Å². The van der Waals surface area contributed by atoms with Crippen LogP contribution in [0.1, 0.15) is 16.7 Å². The summed E-state index contributed by atoms with van der Waals surface area (Å²) < 4.78 is 5.64. The molecule has 2 rings (SSSR count). The molecule has 3 heteroatoms. The third kappa shape index (κ3) is 2.88. The predicted octanol–water partition coefficient (Wildman–Crippen LogP) is 2.63. The van der Waals surface area contributed by atoms with Crippen LogP contribution in [0.5, 0.6) is 5.75 Å². The Hall–Kier alpha value is -2.31. The summed E-state index contributed by atoms with van der Waals surface area (Å²) in [5.41, 5.74) is 2.39. The lowest BCUT2D eigenvalue weighted by atomic mass is 10.1. The van der Waals surface area contributed by atoms with Crippen molar-refractivity contribution in [2.24, 2.45) is 0 Å². The van der Waals surface area contributed by atoms with E-state index in [0.29, 0.717) is 17.9 Å². The maximum atomic E-state index is 9.17. The molecule has 0 saturated carbocycles. The average molecular weight is 239 g/mol. The highest BCUT2D eigenvalue weighted by Crippen LogP contribution is 2.19. The molecule has 0 radical (unpaired) electrons. The van der Waals surface area contributed by atoms with Gasteiger partial charge in [-0.25, -0.2) is 0 Å². The summed E-state index contributed by atoms with van der Waals surface area (Å²) in [5.74, 6) is 0.685. The number of benzene rings is 2. The Labute approximate surface area is 106 Å². The van der Waals surface area contributed by atoms with Crippen LogP contribution in [0.3, 0.4) is 0 Å². The first-order chi connectivity index (χ1) is 8.83. The van der Waals surface area contributed by atoms with Crippen molar-refractivity contribution in [1.29, 1.82) is 5.26 Å². The van der Waals surface area contributed by atoms with Gasteiger partial charge in [-0.2, -0.15) is 5.26 Å². The summed E-state index contributed by atoms with van der Waals surface area (Å²) in [6.45, 7) is 0.381. The molecule has 0 heterocycles. The fourth-order valence-electron chi connectivity index (χ4n) is 1.61. The number of hydrogen-bond acceptors (Lipinski definition) is 3. The topological polar surface area (TPSA) is 53.2 Å². The van der Waals surface area contributed by atoms with Crippen molar-refractivity contribution in [2.45, 2.75) is 13.2 Å². The minimum absolute atomic E-state index is 0.0382. The van der Waals surface area contributed by atoms with Gasteiger partial charge in [-0.15, -0.1) is 0 Å². The van der Waals surface area contributed by atoms with Crippen LogP contribution in [-0.4, -0.2) is 5.11 Å². The number of aliphatic hydroxyl groups excluding tert-OH is 1. The Balaban J connectivity index is 2.04. The average Bonchev–Trinajstić information content (AvgIpc) is 2.46. The van der Waals surface area contributed by atoms with Gasteiger partial charge in [0.1, 0.15) is 12.4 Å². The summed E-state index contributed by atoms with van der Waals surface area (Å²) in [7, 11) is 0. The van der Waals surface area contributed by atoms with Crippen molar-refractivity contribution < 1.29 is 9.84 Å². The zero-order valence-electron chi connectivity index (χ0n) is 9.84. The van der Waals surface area contributed by atoms with Gasteiger partial charge in [0.25, 0.3) is 0 Å². The Morgan fingerprint density at radius 3 is 2.44 bits per heavy atom. The Morgan fingerprint density at radius 1 is 1.06 bits per heavy atom. The molecule has 1 N–H and O–H groups in total. The SMILES string of the molecule is N#Cc1ccc(COc2ccccc2CO)cc1. The second-order valence-electron chi connectivity index (χ2n) is 3.86. The molecule has 0 fully saturated rings. The summed E-state index contributed by atoms with van der Waals surface area (Å²) in [6, 6.07) is 16.7. The molecule has 0 amide bonds. The molecule has 0 aromatic heterocycles. The molecule has 0 atom stereocenters. The van der Waals surface area contributed by atoms with Crippen LogP contribution >= 0.6 is 0 Å². The van der Waals surface area contributed by atoms with E-state index in [9.17, 15) is 0 Å². The molecule has 0 saturated heterocycles. The Kier molecular flexibility index (Phi) is 3.95. The van der Waals surface area contributed by atoms with Crippen LogP contribution in [0, 0.1) is 11.3 Å². The monoisotopic (exact) mass is 239 g/mol. The van der Waals surface area contributed by atoms with Gasteiger partial charge in [-0.05, 0) is 23.8 Å². The first-order valence-electron chi connectivity index (χ1n) is 5.64. The van der Waals surface area contributed by atoms with Crippen molar-refractivity contribution in [3.05, 3.63) is 65.2 Å². The summed E-state index contributed by atoms with van der Waals surface area (Å²) in [6.07, 6.45) is 0. The molecular formula is C15H13NO2. The standard InChI is InChI=1S/C15H13NO2/c16-9-12-5-7-13(8-6-12)11-18-15-4-2-1-3-14(15)10-17/h1-8,17H,10-11H2. The van der Waals surface area contributed by atoms with E-state index in [4.69, 9.17) is 15.1 Å². The minimum Gasteiger partial charge on any atom is -0.489 e. The smallest absolute Gasteiger partial charge is 0.125 e. The van der Waals surface area contributed by atoms with E-state index in [2.05, 4.69) is 6.07 Å². The quantitative estimate of drug-likeness (QED) is 0.892. The van der Waals surface area contributed by atoms with Crippen LogP contribution in [0.15, 0.2) is 48.5 Å². The lowest BCUT2D eigenvalue weighted by Gasteiger charge is -2.09. The number of hydrogen-bond donors (Lipinski definition) is 1. The maximum Gasteiger partial charge on any atom is 0.125 e. The lowest BCUT2D eigenvalue weighted by molar-refractivity contribution is 0.259. The van der Waals surface area contributed by atoms with Crippen molar-refractivity contribution in [3.8, 4) is 11.8 Å². The molecule has 0 aliphatic rings. The van der Waals surface area contributed by atoms with E-state index < -0.39 is 0 Å². The fourth-order valence-corrected chi connectivity index (χ4v) is 1.61. The van der Waals surface area contributed by atoms with E-state index in [0.717, 1.165) is 11.1 Å². The van der Waals surface area contributed by atoms with Crippen LogP contribution in [0.4, 0.5) is 0 Å². The highest BCUT2D eigenvalue weighted by molar-refractivity contribution is 5.34. The summed E-state index contributed by atoms with van der Waals surface area (Å²) >= 11 is 0. The molecule has 18 heavy (non-hydrogen) atoms. The van der Waals surface area contributed by atoms with Gasteiger partial charge in [-0.1, -0.05) is 30.3 Å². The molecule has 2 aromatic rings. The van der Waals surface area contributed by atoms with Crippen LogP contribution in [0.25, 0.3) is 0 Å². The van der Waals surface area contributed by atoms with Gasteiger partial charge >= 0.3 is 0 Å². The highest BCUT2D eigenvalue weighted by Gasteiger charge is 2.02. The van der Waals surface area contributed by atoms with Crippen molar-refractivity contribution in [1.82, 2.24) is 0 Å². The van der Waals surface area contributed by atoms with Gasteiger partial charge in [0.05, 0.1) is 18.2 Å². The molecule has 0 bridgehead atoms. The second-order valence-corrected chi connectivity index (χ2v) is 3.86. The number of nitrogens with zero attached hydrogens (tertiary/aromatic N) is 1. The van der Waals surface area contributed by atoms with Gasteiger partial charge < -0.3 is 9.84 Å². The lowest BCUT2D eigenvalue weighted by Crippen LogP contribution is -1.98. The second kappa shape index (κ2) is 5.85. The van der Waals surface area contributed by atoms with Crippen LogP contribution < -0.4 is 4.74 Å². The van der Waals surface area contributed by atoms with E-state index in [1.165, 1.54) is 0 Å². The van der Waals surface area contributed by atoms with E-state index in [-0.39, 0.29) is 6.61 Å². The van der Waals surface area contributed by atoms with Crippen LogP contribution in [0.2, 0.25) is 0 Å². The Morgan fingerprint density at radius 2 is 1.78 bits per heavy atom. The number of aliphatic hydroxyl groups is 1. The molecule has 90 valence electrons. The van der Waals surface area contributed by atoms with E-state index in [1.54, 1.807) is 12.1 Å². The molecule has 0 spiro atoms. The molecule has 0 aliphatic heterocycles. The fraction of sp³-hybridized carbons (Fsp3) is 0.133. The zero-order valence-corrected chi connectivity index (χ0v) is 9.84. The molecule has 2 aromatic carbocycles. The van der Waals surface area contributed by atoms with Gasteiger partial charge in [0.15, 0.2) is 0 Å². The maximum absolute atomic E-state index is 9.17. The molecule has 0 unspecified atom stereocenters. The number of rotatable bonds is 4. The first kappa shape index (κ1) is 12.2. The first-order valence-corrected chi connectivity index (χ1v) is 5.64. The normalized spacial score (nSPS) is 9.78. The molecule has 3 nitrogen and oxygen atoms in total.